The first-order valence-electron chi connectivity index (χ1n) is 4.97. The van der Waals surface area contributed by atoms with Crippen LogP contribution >= 0.6 is 0 Å². The molecule has 17 heavy (non-hydrogen) atoms. The number of hydrogen-bond donors (Lipinski definition) is 1. The Balaban J connectivity index is 2.90. The summed E-state index contributed by atoms with van der Waals surface area (Å²) in [7, 11) is 0. The lowest BCUT2D eigenvalue weighted by Gasteiger charge is -2.12. The zero-order chi connectivity index (χ0) is 13.1. The van der Waals surface area contributed by atoms with E-state index in [-0.39, 0.29) is 5.75 Å². The third-order valence-corrected chi connectivity index (χ3v) is 1.92. The lowest BCUT2D eigenvalue weighted by Crippen LogP contribution is -2.17. The van der Waals surface area contributed by atoms with Crippen LogP contribution in [0.5, 0.6) is 5.75 Å². The van der Waals surface area contributed by atoms with Gasteiger partial charge in [-0.3, -0.25) is 0 Å². The van der Waals surface area contributed by atoms with Crippen molar-refractivity contribution in [3.8, 4) is 5.75 Å². The highest BCUT2D eigenvalue weighted by atomic mass is 19.4. The van der Waals surface area contributed by atoms with Gasteiger partial charge < -0.3 is 9.84 Å². The molecule has 94 valence electrons. The van der Waals surface area contributed by atoms with E-state index in [0.29, 0.717) is 5.56 Å². The van der Waals surface area contributed by atoms with Crippen molar-refractivity contribution in [2.45, 2.75) is 26.3 Å². The lowest BCUT2D eigenvalue weighted by molar-refractivity contribution is -0.274. The van der Waals surface area contributed by atoms with E-state index >= 15 is 0 Å². The highest BCUT2D eigenvalue weighted by Crippen LogP contribution is 2.26. The maximum atomic E-state index is 12.0. The van der Waals surface area contributed by atoms with Gasteiger partial charge in [-0.05, 0) is 31.5 Å². The number of hydrogen-bond acceptors (Lipinski definition) is 2. The maximum absolute atomic E-state index is 12.0. The van der Waals surface area contributed by atoms with Crippen LogP contribution in [0.3, 0.4) is 0 Å². The van der Waals surface area contributed by atoms with Crippen molar-refractivity contribution in [2.75, 3.05) is 0 Å². The average molecular weight is 246 g/mol. The summed E-state index contributed by atoms with van der Waals surface area (Å²) in [5.74, 6) is -0.337. The number of rotatable bonds is 3. The zero-order valence-electron chi connectivity index (χ0n) is 9.45. The Morgan fingerprint density at radius 1 is 1.35 bits per heavy atom. The molecule has 0 amide bonds. The van der Waals surface area contributed by atoms with E-state index in [4.69, 9.17) is 0 Å². The summed E-state index contributed by atoms with van der Waals surface area (Å²) >= 11 is 0. The highest BCUT2D eigenvalue weighted by Gasteiger charge is 2.31. The summed E-state index contributed by atoms with van der Waals surface area (Å²) < 4.78 is 39.7. The summed E-state index contributed by atoms with van der Waals surface area (Å²) in [6.07, 6.45) is -4.11. The fourth-order valence-corrected chi connectivity index (χ4v) is 1.31. The second-order valence-electron chi connectivity index (χ2n) is 3.81. The molecule has 0 aliphatic heterocycles. The van der Waals surface area contributed by atoms with Gasteiger partial charge in [0.05, 0.1) is 6.10 Å². The van der Waals surface area contributed by atoms with Crippen LogP contribution < -0.4 is 4.74 Å². The van der Waals surface area contributed by atoms with Crippen molar-refractivity contribution in [1.82, 2.24) is 0 Å². The Hall–Kier alpha value is -1.49. The maximum Gasteiger partial charge on any atom is 0.573 e. The Morgan fingerprint density at radius 2 is 2.00 bits per heavy atom. The number of aliphatic hydroxyl groups is 1. The van der Waals surface area contributed by atoms with E-state index in [1.807, 2.05) is 0 Å². The first-order chi connectivity index (χ1) is 7.78. The van der Waals surface area contributed by atoms with Gasteiger partial charge in [-0.25, -0.2) is 0 Å². The first-order valence-corrected chi connectivity index (χ1v) is 4.97. The predicted octanol–water partition coefficient (Wildman–Crippen LogP) is 3.58. The van der Waals surface area contributed by atoms with Crippen molar-refractivity contribution < 1.29 is 23.0 Å². The number of ether oxygens (including phenoxy) is 1. The molecule has 0 radical (unpaired) electrons. The monoisotopic (exact) mass is 246 g/mol. The van der Waals surface area contributed by atoms with Crippen molar-refractivity contribution in [1.29, 1.82) is 0 Å². The highest BCUT2D eigenvalue weighted by molar-refractivity contribution is 5.32. The summed E-state index contributed by atoms with van der Waals surface area (Å²) in [5, 5.41) is 9.70. The van der Waals surface area contributed by atoms with Crippen molar-refractivity contribution in [3.63, 3.8) is 0 Å². The van der Waals surface area contributed by atoms with E-state index in [0.717, 1.165) is 11.6 Å². The molecule has 2 nitrogen and oxygen atoms in total. The Bertz CT molecular complexity index is 406. The molecular weight excluding hydrogens is 233 g/mol. The van der Waals surface area contributed by atoms with E-state index in [2.05, 4.69) is 4.74 Å². The van der Waals surface area contributed by atoms with Crippen molar-refractivity contribution in [3.05, 3.63) is 41.5 Å². The number of allylic oxidation sites excluding steroid dienone is 1. The third-order valence-electron chi connectivity index (χ3n) is 1.92. The van der Waals surface area contributed by atoms with Gasteiger partial charge in [-0.15, -0.1) is 13.2 Å². The molecule has 0 spiro atoms. The average Bonchev–Trinajstić information content (AvgIpc) is 2.14. The molecule has 0 aromatic heterocycles. The van der Waals surface area contributed by atoms with Crippen LogP contribution in [0.15, 0.2) is 35.9 Å². The largest absolute Gasteiger partial charge is 0.573 e. The van der Waals surface area contributed by atoms with Crippen LogP contribution in [0.2, 0.25) is 0 Å². The molecule has 0 aliphatic rings. The van der Waals surface area contributed by atoms with Crippen LogP contribution in [-0.4, -0.2) is 11.5 Å². The van der Waals surface area contributed by atoms with Crippen LogP contribution in [0.25, 0.3) is 0 Å². The summed E-state index contributed by atoms with van der Waals surface area (Å²) in [5.41, 5.74) is 1.23. The van der Waals surface area contributed by atoms with Gasteiger partial charge in [-0.1, -0.05) is 23.8 Å². The fourth-order valence-electron chi connectivity index (χ4n) is 1.31. The minimum atomic E-state index is -4.72. The van der Waals surface area contributed by atoms with Crippen molar-refractivity contribution >= 4 is 0 Å². The van der Waals surface area contributed by atoms with Gasteiger partial charge in [0, 0.05) is 0 Å². The van der Waals surface area contributed by atoms with Crippen LogP contribution in [0.1, 0.15) is 25.5 Å². The topological polar surface area (TPSA) is 29.5 Å². The van der Waals surface area contributed by atoms with E-state index < -0.39 is 12.5 Å². The predicted molar refractivity (Wildman–Crippen MR) is 57.5 cm³/mol. The molecule has 0 saturated heterocycles. The van der Waals surface area contributed by atoms with Crippen LogP contribution in [-0.2, 0) is 0 Å². The standard InChI is InChI=1S/C12H13F3O2/c1-8(2)6-11(16)9-4-3-5-10(7-9)17-12(13,14)15/h3-7,11,16H,1-2H3. The smallest absolute Gasteiger partial charge is 0.406 e. The van der Waals surface area contributed by atoms with E-state index in [1.165, 1.54) is 18.2 Å². The van der Waals surface area contributed by atoms with E-state index in [1.54, 1.807) is 19.9 Å². The zero-order valence-corrected chi connectivity index (χ0v) is 9.45. The minimum Gasteiger partial charge on any atom is -0.406 e. The molecule has 1 atom stereocenters. The van der Waals surface area contributed by atoms with E-state index in [9.17, 15) is 18.3 Å². The summed E-state index contributed by atoms with van der Waals surface area (Å²) in [6, 6.07) is 5.29. The molecule has 1 aromatic carbocycles. The van der Waals surface area contributed by atoms with Crippen molar-refractivity contribution in [2.24, 2.45) is 0 Å². The van der Waals surface area contributed by atoms with Crippen LogP contribution in [0.4, 0.5) is 13.2 Å². The van der Waals surface area contributed by atoms with Gasteiger partial charge in [0.1, 0.15) is 5.75 Å². The Labute approximate surface area is 97.3 Å². The SMILES string of the molecule is CC(C)=CC(O)c1cccc(OC(F)(F)F)c1. The molecule has 1 unspecified atom stereocenters. The fraction of sp³-hybridized carbons (Fsp3) is 0.333. The number of benzene rings is 1. The molecule has 0 fully saturated rings. The van der Waals surface area contributed by atoms with Gasteiger partial charge in [0.15, 0.2) is 0 Å². The Morgan fingerprint density at radius 3 is 2.53 bits per heavy atom. The third kappa shape index (κ3) is 4.91. The second-order valence-corrected chi connectivity index (χ2v) is 3.81. The molecule has 0 bridgehead atoms. The Kier molecular flexibility index (Phi) is 4.17. The quantitative estimate of drug-likeness (QED) is 0.826. The second kappa shape index (κ2) is 5.23. The lowest BCUT2D eigenvalue weighted by atomic mass is 10.1. The minimum absolute atomic E-state index is 0.337. The number of halogens is 3. The molecule has 5 heteroatoms. The number of alkyl halides is 3. The molecular formula is C12H13F3O2. The molecule has 0 saturated carbocycles. The first kappa shape index (κ1) is 13.6. The summed E-state index contributed by atoms with van der Waals surface area (Å²) in [6.45, 7) is 3.58. The van der Waals surface area contributed by atoms with Gasteiger partial charge in [0.25, 0.3) is 0 Å². The molecule has 0 aliphatic carbocycles. The van der Waals surface area contributed by atoms with Gasteiger partial charge >= 0.3 is 6.36 Å². The molecule has 0 heterocycles. The summed E-state index contributed by atoms with van der Waals surface area (Å²) in [4.78, 5) is 0. The van der Waals surface area contributed by atoms with Gasteiger partial charge in [-0.2, -0.15) is 0 Å². The van der Waals surface area contributed by atoms with Gasteiger partial charge in [0.2, 0.25) is 0 Å². The van der Waals surface area contributed by atoms with Crippen LogP contribution in [0, 0.1) is 0 Å². The molecule has 1 N–H and O–H groups in total. The molecule has 1 aromatic rings. The normalized spacial score (nSPS) is 13.1. The molecule has 1 rings (SSSR count). The number of aliphatic hydroxyl groups excluding tert-OH is 1.